The predicted octanol–water partition coefficient (Wildman–Crippen LogP) is 4.35. The van der Waals surface area contributed by atoms with Crippen molar-refractivity contribution >= 4 is 23.3 Å². The molecule has 1 amide bonds. The van der Waals surface area contributed by atoms with E-state index >= 15 is 0 Å². The number of benzene rings is 1. The number of hydrogen-bond acceptors (Lipinski definition) is 5. The van der Waals surface area contributed by atoms with Crippen LogP contribution in [0.1, 0.15) is 28.9 Å². The third kappa shape index (κ3) is 4.59. The summed E-state index contributed by atoms with van der Waals surface area (Å²) in [5.74, 6) is -1.06. The molecular weight excluding hydrogens is 462 g/mol. The van der Waals surface area contributed by atoms with Gasteiger partial charge < -0.3 is 10.6 Å². The van der Waals surface area contributed by atoms with Gasteiger partial charge in [0.15, 0.2) is 0 Å². The first kappa shape index (κ1) is 23.3. The number of allylic oxidation sites excluding steroid dienone is 1. The summed E-state index contributed by atoms with van der Waals surface area (Å²) in [6.07, 6.45) is 7.66. The molecule has 7 nitrogen and oxygen atoms in total. The van der Waals surface area contributed by atoms with Crippen LogP contribution in [0, 0.1) is 11.6 Å². The Hall–Kier alpha value is -4.40. The van der Waals surface area contributed by atoms with Crippen molar-refractivity contribution in [1.29, 1.82) is 0 Å². The van der Waals surface area contributed by atoms with Crippen molar-refractivity contribution in [3.8, 4) is 11.3 Å². The standard InChI is InChI=1S/C27H24F2N6O/c28-18-10-11-23(32-16-18)22(30)12-13-31-17-19-6-5-14-34(19)27(36)25-24-9-3-4-15-35(24)33-26(25)20-7-1-2-8-21(20)29/h1-4,7-13,15-16,19H,5-6,14,17,30H2/b22-12-,31-13?/t19-/m0/s1. The van der Waals surface area contributed by atoms with Crippen LogP contribution in [0.2, 0.25) is 0 Å². The molecule has 182 valence electrons. The summed E-state index contributed by atoms with van der Waals surface area (Å²) in [6, 6.07) is 14.5. The minimum atomic E-state index is -0.435. The van der Waals surface area contributed by atoms with Gasteiger partial charge in [-0.2, -0.15) is 5.10 Å². The van der Waals surface area contributed by atoms with Crippen LogP contribution in [0.15, 0.2) is 78.1 Å². The number of hydrogen-bond donors (Lipinski definition) is 1. The fourth-order valence-corrected chi connectivity index (χ4v) is 4.44. The number of likely N-dealkylation sites (tertiary alicyclic amines) is 1. The van der Waals surface area contributed by atoms with E-state index in [4.69, 9.17) is 5.73 Å². The van der Waals surface area contributed by atoms with Crippen molar-refractivity contribution in [2.24, 2.45) is 10.7 Å². The van der Waals surface area contributed by atoms with Gasteiger partial charge in [0.05, 0.1) is 41.3 Å². The van der Waals surface area contributed by atoms with E-state index in [2.05, 4.69) is 15.1 Å². The average Bonchev–Trinajstić information content (AvgIpc) is 3.51. The minimum absolute atomic E-state index is 0.112. The van der Waals surface area contributed by atoms with Crippen LogP contribution in [0.25, 0.3) is 22.5 Å². The topological polar surface area (TPSA) is 88.9 Å². The van der Waals surface area contributed by atoms with Crippen LogP contribution in [0.5, 0.6) is 0 Å². The summed E-state index contributed by atoms with van der Waals surface area (Å²) in [6.45, 7) is 0.970. The highest BCUT2D eigenvalue weighted by atomic mass is 19.1. The monoisotopic (exact) mass is 486 g/mol. The molecule has 1 aliphatic heterocycles. The Morgan fingerprint density at radius 1 is 1.14 bits per heavy atom. The lowest BCUT2D eigenvalue weighted by atomic mass is 10.0. The highest BCUT2D eigenvalue weighted by molar-refractivity contribution is 6.06. The zero-order valence-electron chi connectivity index (χ0n) is 19.4. The first-order valence-electron chi connectivity index (χ1n) is 11.6. The second-order valence-corrected chi connectivity index (χ2v) is 8.53. The van der Waals surface area contributed by atoms with E-state index in [1.165, 1.54) is 18.2 Å². The molecule has 1 saturated heterocycles. The van der Waals surface area contributed by atoms with Crippen LogP contribution in [-0.2, 0) is 0 Å². The molecule has 0 radical (unpaired) electrons. The average molecular weight is 487 g/mol. The molecule has 4 aromatic rings. The van der Waals surface area contributed by atoms with Crippen LogP contribution in [-0.4, -0.2) is 50.8 Å². The summed E-state index contributed by atoms with van der Waals surface area (Å²) in [5, 5.41) is 4.54. The van der Waals surface area contributed by atoms with Crippen molar-refractivity contribution in [1.82, 2.24) is 19.5 Å². The Kier molecular flexibility index (Phi) is 6.53. The highest BCUT2D eigenvalue weighted by Gasteiger charge is 2.33. The van der Waals surface area contributed by atoms with Crippen molar-refractivity contribution in [2.45, 2.75) is 18.9 Å². The van der Waals surface area contributed by atoms with Gasteiger partial charge >= 0.3 is 0 Å². The van der Waals surface area contributed by atoms with E-state index in [1.54, 1.807) is 46.1 Å². The van der Waals surface area contributed by atoms with Gasteiger partial charge in [-0.3, -0.25) is 14.8 Å². The largest absolute Gasteiger partial charge is 0.397 e. The fraction of sp³-hybridized carbons (Fsp3) is 0.185. The van der Waals surface area contributed by atoms with Crippen molar-refractivity contribution < 1.29 is 13.6 Å². The Morgan fingerprint density at radius 2 is 1.97 bits per heavy atom. The zero-order valence-corrected chi connectivity index (χ0v) is 19.4. The van der Waals surface area contributed by atoms with E-state index in [-0.39, 0.29) is 17.5 Å². The van der Waals surface area contributed by atoms with Gasteiger partial charge in [0.2, 0.25) is 0 Å². The number of rotatable bonds is 6. The van der Waals surface area contributed by atoms with E-state index < -0.39 is 11.6 Å². The van der Waals surface area contributed by atoms with Crippen molar-refractivity contribution in [2.75, 3.05) is 13.1 Å². The van der Waals surface area contributed by atoms with E-state index in [0.717, 1.165) is 19.0 Å². The molecule has 0 unspecified atom stereocenters. The van der Waals surface area contributed by atoms with Crippen LogP contribution in [0.3, 0.4) is 0 Å². The number of amides is 1. The van der Waals surface area contributed by atoms with Gasteiger partial charge in [0, 0.05) is 24.5 Å². The van der Waals surface area contributed by atoms with E-state index in [0.29, 0.717) is 41.3 Å². The highest BCUT2D eigenvalue weighted by Crippen LogP contribution is 2.31. The Balaban J connectivity index is 1.39. The Labute approximate surface area is 206 Å². The molecular formula is C27H24F2N6O. The summed E-state index contributed by atoms with van der Waals surface area (Å²) < 4.78 is 29.3. The molecule has 36 heavy (non-hydrogen) atoms. The molecule has 1 atom stereocenters. The summed E-state index contributed by atoms with van der Waals surface area (Å²) >= 11 is 0. The second kappa shape index (κ2) is 10.1. The molecule has 0 bridgehead atoms. The molecule has 9 heteroatoms. The number of nitrogens with zero attached hydrogens (tertiary/aromatic N) is 5. The maximum atomic E-state index is 14.7. The number of aromatic nitrogens is 3. The lowest BCUT2D eigenvalue weighted by molar-refractivity contribution is 0.0744. The Bertz CT molecular complexity index is 1460. The molecule has 1 aromatic carbocycles. The summed E-state index contributed by atoms with van der Waals surface area (Å²) in [5.41, 5.74) is 8.42. The predicted molar refractivity (Wildman–Crippen MR) is 134 cm³/mol. The van der Waals surface area contributed by atoms with Gasteiger partial charge in [0.25, 0.3) is 5.91 Å². The van der Waals surface area contributed by atoms with Gasteiger partial charge in [-0.05, 0) is 55.3 Å². The normalized spacial score (nSPS) is 16.3. The number of pyridine rings is 2. The Morgan fingerprint density at radius 3 is 2.78 bits per heavy atom. The lowest BCUT2D eigenvalue weighted by Crippen LogP contribution is -2.37. The van der Waals surface area contributed by atoms with Crippen LogP contribution in [0.4, 0.5) is 8.78 Å². The number of fused-ring (bicyclic) bond motifs is 1. The molecule has 0 saturated carbocycles. The van der Waals surface area contributed by atoms with Crippen molar-refractivity contribution in [3.63, 3.8) is 0 Å². The minimum Gasteiger partial charge on any atom is -0.397 e. The number of nitrogens with two attached hydrogens (primary N) is 1. The zero-order chi connectivity index (χ0) is 25.1. The number of carbonyl (C=O) groups is 1. The molecule has 1 fully saturated rings. The first-order chi connectivity index (χ1) is 17.5. The molecule has 0 spiro atoms. The number of halogens is 2. The smallest absolute Gasteiger partial charge is 0.258 e. The SMILES string of the molecule is N/C(=C\C=NC[C@@H]1CCCN1C(=O)c1c(-c2ccccc2F)nn2ccccc12)c1ccc(F)cn1. The molecule has 4 heterocycles. The van der Waals surface area contributed by atoms with Gasteiger partial charge in [-0.1, -0.05) is 18.2 Å². The lowest BCUT2D eigenvalue weighted by Gasteiger charge is -2.23. The van der Waals surface area contributed by atoms with Crippen LogP contribution >= 0.6 is 0 Å². The fourth-order valence-electron chi connectivity index (χ4n) is 4.44. The quantitative estimate of drug-likeness (QED) is 0.411. The molecule has 5 rings (SSSR count). The third-order valence-electron chi connectivity index (χ3n) is 6.22. The maximum absolute atomic E-state index is 14.7. The van der Waals surface area contributed by atoms with Gasteiger partial charge in [0.1, 0.15) is 17.3 Å². The summed E-state index contributed by atoms with van der Waals surface area (Å²) in [4.78, 5) is 24.0. The van der Waals surface area contributed by atoms with Crippen LogP contribution < -0.4 is 5.73 Å². The molecule has 0 aliphatic carbocycles. The molecule has 2 N–H and O–H groups in total. The van der Waals surface area contributed by atoms with E-state index in [9.17, 15) is 13.6 Å². The van der Waals surface area contributed by atoms with E-state index in [1.807, 2.05) is 18.2 Å². The summed E-state index contributed by atoms with van der Waals surface area (Å²) in [7, 11) is 0. The van der Waals surface area contributed by atoms with Gasteiger partial charge in [-0.15, -0.1) is 0 Å². The van der Waals surface area contributed by atoms with Gasteiger partial charge in [-0.25, -0.2) is 13.3 Å². The third-order valence-corrected chi connectivity index (χ3v) is 6.22. The number of carbonyl (C=O) groups excluding carboxylic acids is 1. The maximum Gasteiger partial charge on any atom is 0.258 e. The first-order valence-corrected chi connectivity index (χ1v) is 11.6. The molecule has 3 aromatic heterocycles. The number of aliphatic imine (C=N–C) groups is 1. The molecule has 1 aliphatic rings. The van der Waals surface area contributed by atoms with Crippen molar-refractivity contribution in [3.05, 3.63) is 96.0 Å². The second-order valence-electron chi connectivity index (χ2n) is 8.53.